The van der Waals surface area contributed by atoms with Gasteiger partial charge >= 0.3 is 12.0 Å². The molecule has 0 unspecified atom stereocenters. The summed E-state index contributed by atoms with van der Waals surface area (Å²) in [4.78, 5) is 43.3. The molecule has 0 atom stereocenters. The average Bonchev–Trinajstić information content (AvgIpc) is 3.14. The van der Waals surface area contributed by atoms with E-state index in [2.05, 4.69) is 15.6 Å². The van der Waals surface area contributed by atoms with E-state index in [0.29, 0.717) is 22.1 Å². The standard InChI is InChI=1S/C24H21FN4O4S/c1-2-33-22(31)18-13-26-23(32)27-20(18)14-34-24-28-19(12-15-6-4-3-5-7-15)21(30)29(24)17-10-8-16(25)9-11-17/h3-12H,2,13-14H2,1H3,(H2,26,27,32)/b19-12-. The molecule has 4 rings (SSSR count). The first-order chi connectivity index (χ1) is 16.5. The Morgan fingerprint density at radius 1 is 1.18 bits per heavy atom. The number of amidine groups is 1. The number of benzene rings is 2. The van der Waals surface area contributed by atoms with Crippen molar-refractivity contribution < 1.29 is 23.5 Å². The SMILES string of the molecule is CCOC(=O)C1=C(CSC2=N/C(=C\c3ccccc3)C(=O)N2c2ccc(F)cc2)NC(=O)NC1. The lowest BCUT2D eigenvalue weighted by Crippen LogP contribution is -2.44. The summed E-state index contributed by atoms with van der Waals surface area (Å²) in [5, 5.41) is 5.53. The molecule has 10 heteroatoms. The molecule has 3 amide bonds. The molecular formula is C24H21FN4O4S. The number of rotatable bonds is 6. The zero-order valence-corrected chi connectivity index (χ0v) is 19.0. The maximum absolute atomic E-state index is 13.5. The van der Waals surface area contributed by atoms with E-state index >= 15 is 0 Å². The number of urea groups is 1. The average molecular weight is 481 g/mol. The second-order valence-electron chi connectivity index (χ2n) is 7.23. The van der Waals surface area contributed by atoms with Crippen molar-refractivity contribution in [1.82, 2.24) is 10.6 Å². The number of aliphatic imine (C=N–C) groups is 1. The van der Waals surface area contributed by atoms with Gasteiger partial charge in [-0.1, -0.05) is 42.1 Å². The molecule has 0 spiro atoms. The molecule has 0 aliphatic carbocycles. The zero-order chi connectivity index (χ0) is 24.1. The van der Waals surface area contributed by atoms with Crippen LogP contribution >= 0.6 is 11.8 Å². The molecule has 34 heavy (non-hydrogen) atoms. The Labute approximate surface area is 199 Å². The third kappa shape index (κ3) is 5.18. The first kappa shape index (κ1) is 23.2. The van der Waals surface area contributed by atoms with Crippen LogP contribution in [0.4, 0.5) is 14.9 Å². The van der Waals surface area contributed by atoms with Gasteiger partial charge in [-0.3, -0.25) is 9.69 Å². The molecule has 0 saturated heterocycles. The summed E-state index contributed by atoms with van der Waals surface area (Å²) < 4.78 is 18.6. The van der Waals surface area contributed by atoms with Crippen molar-refractivity contribution in [3.63, 3.8) is 0 Å². The minimum Gasteiger partial charge on any atom is -0.463 e. The normalized spacial score (nSPS) is 16.9. The van der Waals surface area contributed by atoms with Gasteiger partial charge in [0.25, 0.3) is 5.91 Å². The largest absolute Gasteiger partial charge is 0.463 e. The number of ether oxygens (including phenoxy) is 1. The van der Waals surface area contributed by atoms with Crippen molar-refractivity contribution in [3.05, 3.63) is 82.9 Å². The molecule has 8 nitrogen and oxygen atoms in total. The Bertz CT molecular complexity index is 1210. The number of nitrogens with zero attached hydrogens (tertiary/aromatic N) is 2. The van der Waals surface area contributed by atoms with Gasteiger partial charge in [-0.05, 0) is 42.8 Å². The van der Waals surface area contributed by atoms with Crippen LogP contribution in [-0.4, -0.2) is 42.0 Å². The number of carbonyl (C=O) groups is 3. The summed E-state index contributed by atoms with van der Waals surface area (Å²) >= 11 is 1.17. The summed E-state index contributed by atoms with van der Waals surface area (Å²) in [6.45, 7) is 1.93. The smallest absolute Gasteiger partial charge is 0.337 e. The van der Waals surface area contributed by atoms with Crippen LogP contribution in [-0.2, 0) is 14.3 Å². The summed E-state index contributed by atoms with van der Waals surface area (Å²) in [6, 6.07) is 14.3. The van der Waals surface area contributed by atoms with Gasteiger partial charge in [-0.15, -0.1) is 0 Å². The highest BCUT2D eigenvalue weighted by Crippen LogP contribution is 2.30. The maximum Gasteiger partial charge on any atom is 0.337 e. The molecule has 0 aromatic heterocycles. The fourth-order valence-corrected chi connectivity index (χ4v) is 4.32. The van der Waals surface area contributed by atoms with E-state index in [1.54, 1.807) is 13.0 Å². The molecule has 2 aromatic rings. The number of esters is 1. The van der Waals surface area contributed by atoms with Crippen molar-refractivity contribution in [2.45, 2.75) is 6.92 Å². The van der Waals surface area contributed by atoms with Gasteiger partial charge in [0.2, 0.25) is 0 Å². The fraction of sp³-hybridized carbons (Fsp3) is 0.167. The van der Waals surface area contributed by atoms with Crippen LogP contribution in [0.2, 0.25) is 0 Å². The van der Waals surface area contributed by atoms with E-state index in [-0.39, 0.29) is 30.5 Å². The van der Waals surface area contributed by atoms with E-state index in [9.17, 15) is 18.8 Å². The molecule has 0 radical (unpaired) electrons. The number of anilines is 1. The van der Waals surface area contributed by atoms with Gasteiger partial charge < -0.3 is 15.4 Å². The highest BCUT2D eigenvalue weighted by molar-refractivity contribution is 8.14. The van der Waals surface area contributed by atoms with Crippen molar-refractivity contribution in [3.8, 4) is 0 Å². The van der Waals surface area contributed by atoms with E-state index in [4.69, 9.17) is 4.74 Å². The lowest BCUT2D eigenvalue weighted by molar-refractivity contribution is -0.138. The number of hydrogen-bond acceptors (Lipinski definition) is 6. The van der Waals surface area contributed by atoms with Crippen molar-refractivity contribution >= 4 is 46.6 Å². The number of nitrogens with one attached hydrogen (secondary N) is 2. The first-order valence-electron chi connectivity index (χ1n) is 10.5. The van der Waals surface area contributed by atoms with Gasteiger partial charge in [-0.2, -0.15) is 0 Å². The van der Waals surface area contributed by atoms with Gasteiger partial charge in [0.05, 0.1) is 24.4 Å². The first-order valence-corrected chi connectivity index (χ1v) is 11.5. The van der Waals surface area contributed by atoms with E-state index in [0.717, 1.165) is 5.56 Å². The third-order valence-corrected chi connectivity index (χ3v) is 5.90. The van der Waals surface area contributed by atoms with Crippen LogP contribution in [0.5, 0.6) is 0 Å². The lowest BCUT2D eigenvalue weighted by Gasteiger charge is -2.22. The third-order valence-electron chi connectivity index (χ3n) is 4.94. The number of thioether (sulfide) groups is 1. The lowest BCUT2D eigenvalue weighted by atomic mass is 10.2. The summed E-state index contributed by atoms with van der Waals surface area (Å²) in [5.74, 6) is -1.17. The minimum atomic E-state index is -0.532. The van der Waals surface area contributed by atoms with Crippen LogP contribution in [0.1, 0.15) is 12.5 Å². The summed E-state index contributed by atoms with van der Waals surface area (Å²) in [7, 11) is 0. The van der Waals surface area contributed by atoms with Crippen LogP contribution in [0.15, 0.2) is 76.6 Å². The molecule has 0 saturated carbocycles. The highest BCUT2D eigenvalue weighted by atomic mass is 32.2. The second kappa shape index (κ2) is 10.3. The van der Waals surface area contributed by atoms with Crippen LogP contribution in [0.25, 0.3) is 6.08 Å². The second-order valence-corrected chi connectivity index (χ2v) is 8.17. The Kier molecular flexibility index (Phi) is 7.07. The molecule has 2 aliphatic rings. The Morgan fingerprint density at radius 2 is 1.91 bits per heavy atom. The minimum absolute atomic E-state index is 0.0345. The van der Waals surface area contributed by atoms with Crippen LogP contribution in [0.3, 0.4) is 0 Å². The Hall–Kier alpha value is -3.92. The van der Waals surface area contributed by atoms with Crippen LogP contribution in [0, 0.1) is 5.82 Å². The van der Waals surface area contributed by atoms with E-state index in [1.807, 2.05) is 30.3 Å². The Balaban J connectivity index is 1.65. The van der Waals surface area contributed by atoms with Crippen molar-refractivity contribution in [2.75, 3.05) is 23.8 Å². The molecule has 2 N–H and O–H groups in total. The Morgan fingerprint density at radius 3 is 2.62 bits per heavy atom. The molecule has 2 aromatic carbocycles. The number of carbonyl (C=O) groups excluding carboxylic acids is 3. The van der Waals surface area contributed by atoms with E-state index in [1.165, 1.54) is 40.9 Å². The topological polar surface area (TPSA) is 100 Å². The van der Waals surface area contributed by atoms with Gasteiger partial charge in [0.1, 0.15) is 11.5 Å². The zero-order valence-electron chi connectivity index (χ0n) is 18.2. The molecule has 2 heterocycles. The monoisotopic (exact) mass is 480 g/mol. The number of hydrogen-bond donors (Lipinski definition) is 2. The summed E-state index contributed by atoms with van der Waals surface area (Å²) in [5.41, 5.74) is 2.14. The number of halogens is 1. The molecular weight excluding hydrogens is 459 g/mol. The quantitative estimate of drug-likeness (QED) is 0.488. The van der Waals surface area contributed by atoms with Gasteiger partial charge in [0, 0.05) is 11.4 Å². The fourth-order valence-electron chi connectivity index (χ4n) is 3.32. The maximum atomic E-state index is 13.5. The molecule has 0 fully saturated rings. The molecule has 174 valence electrons. The molecule has 2 aliphatic heterocycles. The van der Waals surface area contributed by atoms with E-state index < -0.39 is 17.8 Å². The van der Waals surface area contributed by atoms with Crippen molar-refractivity contribution in [1.29, 1.82) is 0 Å². The van der Waals surface area contributed by atoms with Gasteiger partial charge in [-0.25, -0.2) is 19.0 Å². The van der Waals surface area contributed by atoms with Gasteiger partial charge in [0.15, 0.2) is 5.17 Å². The van der Waals surface area contributed by atoms with Crippen molar-refractivity contribution in [2.24, 2.45) is 4.99 Å². The predicted molar refractivity (Wildman–Crippen MR) is 128 cm³/mol. The highest BCUT2D eigenvalue weighted by Gasteiger charge is 2.33. The number of amides is 3. The van der Waals surface area contributed by atoms with Crippen LogP contribution < -0.4 is 15.5 Å². The summed E-state index contributed by atoms with van der Waals surface area (Å²) in [6.07, 6.45) is 1.67. The predicted octanol–water partition coefficient (Wildman–Crippen LogP) is 3.43. The molecule has 0 bridgehead atoms.